The van der Waals surface area contributed by atoms with Crippen molar-refractivity contribution in [1.29, 1.82) is 0 Å². The first-order chi connectivity index (χ1) is 10.8. The second kappa shape index (κ2) is 7.52. The summed E-state index contributed by atoms with van der Waals surface area (Å²) in [5.74, 6) is -0.188. The van der Waals surface area contributed by atoms with Crippen molar-refractivity contribution in [2.75, 3.05) is 32.8 Å². The molecule has 0 unspecified atom stereocenters. The van der Waals surface area contributed by atoms with Crippen molar-refractivity contribution in [3.8, 4) is 11.1 Å². The summed E-state index contributed by atoms with van der Waals surface area (Å²) in [4.78, 5) is 2.46. The van der Waals surface area contributed by atoms with E-state index in [9.17, 15) is 4.39 Å². The molecular weight excluding hydrogens is 277 g/mol. The van der Waals surface area contributed by atoms with E-state index in [1.54, 1.807) is 12.1 Å². The van der Waals surface area contributed by atoms with E-state index in [2.05, 4.69) is 29.2 Å². The predicted octanol–water partition coefficient (Wildman–Crippen LogP) is 3.76. The van der Waals surface area contributed by atoms with Crippen LogP contribution in [0.15, 0.2) is 48.5 Å². The van der Waals surface area contributed by atoms with Gasteiger partial charge in [-0.1, -0.05) is 36.4 Å². The zero-order chi connectivity index (χ0) is 15.2. The first-order valence-corrected chi connectivity index (χ1v) is 7.96. The third-order valence-electron chi connectivity index (χ3n) is 4.16. The molecule has 0 spiro atoms. The van der Waals surface area contributed by atoms with Gasteiger partial charge in [0.25, 0.3) is 0 Å². The third-order valence-corrected chi connectivity index (χ3v) is 4.16. The van der Waals surface area contributed by atoms with Crippen LogP contribution in [0.4, 0.5) is 4.39 Å². The molecule has 0 radical (unpaired) electrons. The maximum atomic E-state index is 13.3. The molecule has 3 rings (SSSR count). The Morgan fingerprint density at radius 2 is 1.73 bits per heavy atom. The van der Waals surface area contributed by atoms with Crippen LogP contribution in [0, 0.1) is 5.82 Å². The highest BCUT2D eigenvalue weighted by molar-refractivity contribution is 5.63. The Bertz CT molecular complexity index is 591. The van der Waals surface area contributed by atoms with Gasteiger partial charge in [0.1, 0.15) is 5.82 Å². The van der Waals surface area contributed by atoms with Crippen LogP contribution in [0.1, 0.15) is 12.0 Å². The summed E-state index contributed by atoms with van der Waals surface area (Å²) in [5, 5.41) is 0. The first-order valence-electron chi connectivity index (χ1n) is 7.96. The number of halogens is 1. The van der Waals surface area contributed by atoms with E-state index in [0.717, 1.165) is 50.4 Å². The number of aryl methyl sites for hydroxylation is 1. The standard InChI is InChI=1S/C19H22FNO/c20-19-5-1-4-18(15-19)17-8-6-16(7-9-17)3-2-10-21-11-13-22-14-12-21/h1,4-9,15H,2-3,10-14H2. The fraction of sp³-hybridized carbons (Fsp3) is 0.368. The Morgan fingerprint density at radius 3 is 2.45 bits per heavy atom. The molecule has 0 aromatic heterocycles. The zero-order valence-electron chi connectivity index (χ0n) is 12.8. The molecule has 2 aromatic rings. The van der Waals surface area contributed by atoms with Gasteiger partial charge in [0, 0.05) is 13.1 Å². The van der Waals surface area contributed by atoms with E-state index in [1.165, 1.54) is 18.1 Å². The number of hydrogen-bond acceptors (Lipinski definition) is 2. The van der Waals surface area contributed by atoms with Crippen LogP contribution in [0.25, 0.3) is 11.1 Å². The molecule has 3 heteroatoms. The molecule has 0 aliphatic carbocycles. The van der Waals surface area contributed by atoms with E-state index < -0.39 is 0 Å². The van der Waals surface area contributed by atoms with Crippen LogP contribution in [-0.4, -0.2) is 37.7 Å². The van der Waals surface area contributed by atoms with Crippen molar-refractivity contribution in [1.82, 2.24) is 4.90 Å². The van der Waals surface area contributed by atoms with Crippen LogP contribution in [0.2, 0.25) is 0 Å². The zero-order valence-corrected chi connectivity index (χ0v) is 12.8. The van der Waals surface area contributed by atoms with Gasteiger partial charge in [-0.15, -0.1) is 0 Å². The van der Waals surface area contributed by atoms with Gasteiger partial charge in [0.05, 0.1) is 13.2 Å². The highest BCUT2D eigenvalue weighted by Crippen LogP contribution is 2.21. The number of nitrogens with zero attached hydrogens (tertiary/aromatic N) is 1. The lowest BCUT2D eigenvalue weighted by Gasteiger charge is -2.26. The van der Waals surface area contributed by atoms with Crippen LogP contribution < -0.4 is 0 Å². The fourth-order valence-corrected chi connectivity index (χ4v) is 2.86. The lowest BCUT2D eigenvalue weighted by molar-refractivity contribution is 0.0375. The number of benzene rings is 2. The lowest BCUT2D eigenvalue weighted by Crippen LogP contribution is -2.36. The minimum Gasteiger partial charge on any atom is -0.379 e. The SMILES string of the molecule is Fc1cccc(-c2ccc(CCCN3CCOCC3)cc2)c1. The second-order valence-corrected chi connectivity index (χ2v) is 5.76. The third kappa shape index (κ3) is 4.15. The van der Waals surface area contributed by atoms with Crippen molar-refractivity contribution in [3.05, 3.63) is 59.9 Å². The molecule has 0 bridgehead atoms. The molecule has 116 valence electrons. The monoisotopic (exact) mass is 299 g/mol. The number of hydrogen-bond donors (Lipinski definition) is 0. The number of morpholine rings is 1. The molecule has 2 nitrogen and oxygen atoms in total. The van der Waals surface area contributed by atoms with Crippen molar-refractivity contribution >= 4 is 0 Å². The number of rotatable bonds is 5. The summed E-state index contributed by atoms with van der Waals surface area (Å²) in [6.45, 7) is 4.97. The molecule has 1 aliphatic rings. The van der Waals surface area contributed by atoms with Gasteiger partial charge < -0.3 is 4.74 Å². The molecule has 2 aromatic carbocycles. The Labute approximate surface area is 131 Å². The molecule has 1 saturated heterocycles. The maximum Gasteiger partial charge on any atom is 0.123 e. The average molecular weight is 299 g/mol. The smallest absolute Gasteiger partial charge is 0.123 e. The second-order valence-electron chi connectivity index (χ2n) is 5.76. The molecule has 1 aliphatic heterocycles. The fourth-order valence-electron chi connectivity index (χ4n) is 2.86. The topological polar surface area (TPSA) is 12.5 Å². The Kier molecular flexibility index (Phi) is 5.20. The molecule has 1 fully saturated rings. The van der Waals surface area contributed by atoms with E-state index in [0.29, 0.717) is 0 Å². The van der Waals surface area contributed by atoms with Crippen LogP contribution in [-0.2, 0) is 11.2 Å². The van der Waals surface area contributed by atoms with Gasteiger partial charge >= 0.3 is 0 Å². The summed E-state index contributed by atoms with van der Waals surface area (Å²) in [6, 6.07) is 15.2. The predicted molar refractivity (Wildman–Crippen MR) is 87.4 cm³/mol. The van der Waals surface area contributed by atoms with Gasteiger partial charge in [0.2, 0.25) is 0 Å². The van der Waals surface area contributed by atoms with Crippen molar-refractivity contribution < 1.29 is 9.13 Å². The van der Waals surface area contributed by atoms with E-state index in [4.69, 9.17) is 4.74 Å². The highest BCUT2D eigenvalue weighted by Gasteiger charge is 2.09. The van der Waals surface area contributed by atoms with Crippen molar-refractivity contribution in [2.24, 2.45) is 0 Å². The van der Waals surface area contributed by atoms with Gasteiger partial charge in [0.15, 0.2) is 0 Å². The molecule has 0 N–H and O–H groups in total. The quantitative estimate of drug-likeness (QED) is 0.833. The summed E-state index contributed by atoms with van der Waals surface area (Å²) in [6.07, 6.45) is 2.25. The summed E-state index contributed by atoms with van der Waals surface area (Å²) < 4.78 is 18.6. The first kappa shape index (κ1) is 15.2. The van der Waals surface area contributed by atoms with Crippen LogP contribution >= 0.6 is 0 Å². The van der Waals surface area contributed by atoms with Crippen LogP contribution in [0.5, 0.6) is 0 Å². The molecule has 0 atom stereocenters. The molecule has 0 saturated carbocycles. The van der Waals surface area contributed by atoms with Crippen molar-refractivity contribution in [3.63, 3.8) is 0 Å². The van der Waals surface area contributed by atoms with Crippen molar-refractivity contribution in [2.45, 2.75) is 12.8 Å². The minimum absolute atomic E-state index is 0.188. The Hall–Kier alpha value is -1.71. The van der Waals surface area contributed by atoms with Gasteiger partial charge in [-0.05, 0) is 48.2 Å². The average Bonchev–Trinajstić information content (AvgIpc) is 2.56. The summed E-state index contributed by atoms with van der Waals surface area (Å²) in [5.41, 5.74) is 3.34. The van der Waals surface area contributed by atoms with E-state index in [1.807, 2.05) is 6.07 Å². The minimum atomic E-state index is -0.188. The highest BCUT2D eigenvalue weighted by atomic mass is 19.1. The molecule has 0 amide bonds. The van der Waals surface area contributed by atoms with Gasteiger partial charge in [-0.3, -0.25) is 4.90 Å². The van der Waals surface area contributed by atoms with E-state index in [-0.39, 0.29) is 5.82 Å². The summed E-state index contributed by atoms with van der Waals surface area (Å²) in [7, 11) is 0. The van der Waals surface area contributed by atoms with Crippen LogP contribution in [0.3, 0.4) is 0 Å². The van der Waals surface area contributed by atoms with E-state index >= 15 is 0 Å². The van der Waals surface area contributed by atoms with Gasteiger partial charge in [-0.2, -0.15) is 0 Å². The molecule has 1 heterocycles. The van der Waals surface area contributed by atoms with Gasteiger partial charge in [-0.25, -0.2) is 4.39 Å². The Morgan fingerprint density at radius 1 is 0.955 bits per heavy atom. The molecule has 22 heavy (non-hydrogen) atoms. The largest absolute Gasteiger partial charge is 0.379 e. The normalized spacial score (nSPS) is 15.9. The Balaban J connectivity index is 1.53. The summed E-state index contributed by atoms with van der Waals surface area (Å²) >= 11 is 0. The number of ether oxygens (including phenoxy) is 1. The maximum absolute atomic E-state index is 13.3. The molecular formula is C19H22FNO. The lowest BCUT2D eigenvalue weighted by atomic mass is 10.0.